The van der Waals surface area contributed by atoms with Gasteiger partial charge in [0.25, 0.3) is 0 Å². The highest BCUT2D eigenvalue weighted by molar-refractivity contribution is 5.89. The van der Waals surface area contributed by atoms with Gasteiger partial charge in [-0.2, -0.15) is 25.2 Å². The van der Waals surface area contributed by atoms with Crippen LogP contribution in [0, 0.1) is 58.7 Å². The Balaban J connectivity index is 0.000000146. The molecule has 1 saturated heterocycles. The third-order valence-corrected chi connectivity index (χ3v) is 18.2. The SMILES string of the molecule is CC(C)(O)C#Cc1cc2c(cn1)c(CCC#N)cn2-c1ccnc(N)n1.CC(C)(O)C#Cc1cc2c(cn1)c(CCC(C)(C)O)cn2-c1ccnc(N)n1.CC(C)c1cn(-c2ccnc(N)n2)c2cc(C#CC(C)(C)O)ncc12.CN1CCC(c2cn(-c3ccnc(N)n3)c3cc(C#CC4(O)CCCC4)ncc23)CC1. The van der Waals surface area contributed by atoms with Gasteiger partial charge in [-0.05, 0) is 240 Å². The van der Waals surface area contributed by atoms with Gasteiger partial charge < -0.3 is 71.6 Å². The summed E-state index contributed by atoms with van der Waals surface area (Å²) in [6, 6.07) is 17.0. The monoisotopic (exact) mass is 1480 g/mol. The Labute approximate surface area is 639 Å². The van der Waals surface area contributed by atoms with Crippen molar-refractivity contribution in [1.82, 2.24) is 83.0 Å². The van der Waals surface area contributed by atoms with Gasteiger partial charge in [-0.25, -0.2) is 39.9 Å². The molecule has 27 heteroatoms. The highest BCUT2D eigenvalue weighted by Gasteiger charge is 2.30. The second kappa shape index (κ2) is 33.1. The van der Waals surface area contributed by atoms with Gasteiger partial charge in [0, 0.05) is 102 Å². The van der Waals surface area contributed by atoms with Gasteiger partial charge in [0.15, 0.2) is 0 Å². The summed E-state index contributed by atoms with van der Waals surface area (Å²) in [6.07, 6.45) is 30.0. The first-order valence-corrected chi connectivity index (χ1v) is 36.3. The minimum absolute atomic E-state index is 0.180. The summed E-state index contributed by atoms with van der Waals surface area (Å²) in [6.45, 7) is 19.8. The molecule has 0 unspecified atom stereocenters. The molecule has 0 aromatic carbocycles. The van der Waals surface area contributed by atoms with Crippen LogP contribution in [0.5, 0.6) is 0 Å². The van der Waals surface area contributed by atoms with Crippen molar-refractivity contribution < 1.29 is 25.5 Å². The molecule has 1 aliphatic heterocycles. The summed E-state index contributed by atoms with van der Waals surface area (Å²) in [5.41, 5.74) is 28.7. The summed E-state index contributed by atoms with van der Waals surface area (Å²) < 4.78 is 7.85. The minimum Gasteiger partial charge on any atom is -0.390 e. The van der Waals surface area contributed by atoms with Gasteiger partial charge >= 0.3 is 0 Å². The first-order chi connectivity index (χ1) is 52.1. The van der Waals surface area contributed by atoms with Gasteiger partial charge in [-0.1, -0.05) is 37.5 Å². The molecule has 14 rings (SSSR count). The van der Waals surface area contributed by atoms with Crippen molar-refractivity contribution in [3.63, 3.8) is 0 Å². The van der Waals surface area contributed by atoms with Crippen LogP contribution in [0.3, 0.4) is 0 Å². The van der Waals surface area contributed by atoms with Crippen LogP contribution in [-0.2, 0) is 12.8 Å². The lowest BCUT2D eigenvalue weighted by atomic mass is 9.90. The lowest BCUT2D eigenvalue weighted by Crippen LogP contribution is -2.29. The summed E-state index contributed by atoms with van der Waals surface area (Å²) in [5, 5.41) is 63.1. The van der Waals surface area contributed by atoms with Crippen molar-refractivity contribution in [2.75, 3.05) is 43.1 Å². The molecular weight excluding hydrogens is 1390 g/mol. The quantitative estimate of drug-likeness (QED) is 0.0544. The van der Waals surface area contributed by atoms with Gasteiger partial charge in [0.1, 0.15) is 68.5 Å². The zero-order valence-corrected chi connectivity index (χ0v) is 63.8. The van der Waals surface area contributed by atoms with Crippen LogP contribution in [0.15, 0.2) is 123 Å². The molecule has 1 saturated carbocycles. The predicted octanol–water partition coefficient (Wildman–Crippen LogP) is 9.71. The standard InChI is InChI=1S/C24H28N6O.C21H25N5O2.C19H18N6O.C19H21N5O/c1-29-12-6-17(7-13-29)20-16-30(22-5-11-26-23(25)28-22)21-14-18(27-15-19(20)21)4-10-24(31)8-2-3-9-24;1-20(2,27)8-5-14-13-26(18-7-10-23-19(22)25-18)17-11-15(24-12-16(14)17)6-9-21(3,4)28;1-19(2,26)7-5-14-10-16-15(11-23-14)13(4-3-8-20)12-25(16)17-6-9-22-18(21)24-17;1-12(2)15-11-24(17-6-8-21-18(20)23-17)16-9-13(22-10-14(15)16)5-7-19(3,4)25/h5,11,14-17,31H,2-3,6-9,12-13H2,1H3,(H2,25,26,28);7,10-13,27-28H,5,8H2,1-4H3,(H2,22,23,25);6,9-12,26H,3-4H2,1-2H3,(H2,21,22,24);6,8-12,25H,1-4H3,(H2,20,21,23). The molecule has 2 fully saturated rings. The normalized spacial score (nSPS) is 13.8. The third-order valence-electron chi connectivity index (χ3n) is 18.2. The Bertz CT molecular complexity index is 5660. The number of pyridine rings is 4. The maximum absolute atomic E-state index is 10.6. The van der Waals surface area contributed by atoms with Crippen LogP contribution in [-0.4, -0.2) is 157 Å². The number of nitrogens with zero attached hydrogens (tertiary/aromatic N) is 18. The Kier molecular flexibility index (Phi) is 23.7. The van der Waals surface area contributed by atoms with E-state index >= 15 is 0 Å². The molecule has 13 N–H and O–H groups in total. The summed E-state index contributed by atoms with van der Waals surface area (Å²) in [7, 11) is 2.17. The predicted molar refractivity (Wildman–Crippen MR) is 426 cm³/mol. The average Bonchev–Trinajstić information content (AvgIpc) is 1.64. The van der Waals surface area contributed by atoms with Crippen molar-refractivity contribution in [2.45, 2.75) is 173 Å². The van der Waals surface area contributed by atoms with Crippen LogP contribution < -0.4 is 22.9 Å². The highest BCUT2D eigenvalue weighted by Crippen LogP contribution is 2.37. The lowest BCUT2D eigenvalue weighted by molar-refractivity contribution is 0.0714. The summed E-state index contributed by atoms with van der Waals surface area (Å²) in [5.74, 6) is 27.6. The van der Waals surface area contributed by atoms with E-state index in [1.165, 1.54) is 11.1 Å². The number of aryl methyl sites for hydroxylation is 2. The molecule has 27 nitrogen and oxygen atoms in total. The number of aromatic nitrogens is 16. The molecule has 564 valence electrons. The number of aliphatic hydroxyl groups is 5. The van der Waals surface area contributed by atoms with Crippen LogP contribution >= 0.6 is 0 Å². The number of nitriles is 1. The Morgan fingerprint density at radius 1 is 0.500 bits per heavy atom. The van der Waals surface area contributed by atoms with Crippen LogP contribution in [0.1, 0.15) is 177 Å². The van der Waals surface area contributed by atoms with Crippen LogP contribution in [0.4, 0.5) is 23.8 Å². The van der Waals surface area contributed by atoms with E-state index < -0.39 is 28.0 Å². The van der Waals surface area contributed by atoms with Crippen LogP contribution in [0.2, 0.25) is 0 Å². The molecule has 0 spiro atoms. The number of hydrogen-bond donors (Lipinski definition) is 9. The van der Waals surface area contributed by atoms with E-state index in [0.717, 1.165) is 112 Å². The Morgan fingerprint density at radius 2 is 0.864 bits per heavy atom. The van der Waals surface area contributed by atoms with E-state index in [4.69, 9.17) is 28.2 Å². The first kappa shape index (κ1) is 78.8. The number of anilines is 4. The van der Waals surface area contributed by atoms with Gasteiger partial charge in [0.2, 0.25) is 23.8 Å². The second-order valence-electron chi connectivity index (χ2n) is 30.0. The minimum atomic E-state index is -1.10. The zero-order valence-electron chi connectivity index (χ0n) is 63.8. The van der Waals surface area contributed by atoms with Crippen molar-refractivity contribution in [2.24, 2.45) is 0 Å². The number of piperidine rings is 1. The fourth-order valence-electron chi connectivity index (χ4n) is 12.7. The fourth-order valence-corrected chi connectivity index (χ4v) is 12.7. The fraction of sp³-hybridized carbons (Fsp3) is 0.361. The lowest BCUT2D eigenvalue weighted by Gasteiger charge is -2.28. The zero-order chi connectivity index (χ0) is 78.9. The van der Waals surface area contributed by atoms with E-state index in [9.17, 15) is 25.5 Å². The number of fused-ring (bicyclic) bond motifs is 4. The van der Waals surface area contributed by atoms with Gasteiger partial charge in [0.05, 0.1) is 33.7 Å². The van der Waals surface area contributed by atoms with Crippen molar-refractivity contribution in [3.8, 4) is 76.7 Å². The number of nitrogens with two attached hydrogens (primary N) is 4. The molecular formula is C83H92N22O5. The average molecular weight is 1480 g/mol. The Hall–Kier alpha value is -12.2. The molecule has 110 heavy (non-hydrogen) atoms. The van der Waals surface area contributed by atoms with E-state index in [2.05, 4.69) is 150 Å². The molecule has 0 amide bonds. The van der Waals surface area contributed by atoms with E-state index in [0.29, 0.717) is 77.7 Å². The molecule has 13 heterocycles. The number of hydrogen-bond acceptors (Lipinski definition) is 23. The topological polar surface area (TPSA) is 407 Å². The smallest absolute Gasteiger partial charge is 0.221 e. The van der Waals surface area contributed by atoms with E-state index in [1.807, 2.05) is 81.1 Å². The number of rotatable bonds is 11. The second-order valence-corrected chi connectivity index (χ2v) is 30.0. The largest absolute Gasteiger partial charge is 0.390 e. The van der Waals surface area contributed by atoms with Gasteiger partial charge in [-0.15, -0.1) is 0 Å². The molecule has 0 atom stereocenters. The van der Waals surface area contributed by atoms with Gasteiger partial charge in [-0.3, -0.25) is 0 Å². The maximum atomic E-state index is 10.6. The van der Waals surface area contributed by atoms with E-state index in [1.54, 1.807) is 105 Å². The highest BCUT2D eigenvalue weighted by atomic mass is 16.3. The molecule has 12 aromatic rings. The van der Waals surface area contributed by atoms with Crippen molar-refractivity contribution >= 4 is 67.4 Å². The molecule has 0 radical (unpaired) electrons. The molecule has 12 aromatic heterocycles. The Morgan fingerprint density at radius 3 is 1.25 bits per heavy atom. The summed E-state index contributed by atoms with van der Waals surface area (Å²) in [4.78, 5) is 53.4. The van der Waals surface area contributed by atoms with Crippen molar-refractivity contribution in [3.05, 3.63) is 168 Å². The van der Waals surface area contributed by atoms with E-state index in [-0.39, 0.29) is 23.8 Å². The molecule has 2 aliphatic rings. The summed E-state index contributed by atoms with van der Waals surface area (Å²) >= 11 is 0. The number of likely N-dealkylation sites (tertiary alicyclic amines) is 1. The number of nitrogen functional groups attached to an aromatic ring is 4. The molecule has 0 bridgehead atoms. The molecule has 1 aliphatic carbocycles. The third kappa shape index (κ3) is 20.5. The maximum Gasteiger partial charge on any atom is 0.221 e. The van der Waals surface area contributed by atoms with Crippen LogP contribution in [0.25, 0.3) is 66.9 Å². The van der Waals surface area contributed by atoms with Crippen molar-refractivity contribution in [1.29, 1.82) is 5.26 Å². The first-order valence-electron chi connectivity index (χ1n) is 36.3.